The highest BCUT2D eigenvalue weighted by Gasteiger charge is 2.15. The number of halogens is 1. The number of ether oxygens (including phenoxy) is 2. The normalized spacial score (nSPS) is 17.6. The Morgan fingerprint density at radius 3 is 2.77 bits per heavy atom. The fourth-order valence-corrected chi connectivity index (χ4v) is 4.12. The van der Waals surface area contributed by atoms with Gasteiger partial charge in [0.25, 0.3) is 0 Å². The number of hydrogen-bond acceptors (Lipinski definition) is 4. The van der Waals surface area contributed by atoms with Crippen LogP contribution >= 0.6 is 24.0 Å². The van der Waals surface area contributed by atoms with E-state index in [4.69, 9.17) is 14.5 Å². The molecule has 176 valence electrons. The van der Waals surface area contributed by atoms with Gasteiger partial charge < -0.3 is 20.1 Å². The summed E-state index contributed by atoms with van der Waals surface area (Å²) in [7, 11) is 0. The first-order valence-electron chi connectivity index (χ1n) is 11.8. The first kappa shape index (κ1) is 26.4. The minimum atomic E-state index is 0. The Labute approximate surface area is 205 Å². The lowest BCUT2D eigenvalue weighted by Crippen LogP contribution is -2.39. The first-order chi connectivity index (χ1) is 14.8. The molecule has 2 N–H and O–H groups in total. The number of nitrogens with one attached hydrogen (secondary N) is 2. The van der Waals surface area contributed by atoms with Gasteiger partial charge in [-0.3, -0.25) is 9.89 Å². The third-order valence-corrected chi connectivity index (χ3v) is 5.91. The van der Waals surface area contributed by atoms with E-state index < -0.39 is 0 Å². The topological polar surface area (TPSA) is 58.1 Å². The van der Waals surface area contributed by atoms with Crippen LogP contribution in [0.1, 0.15) is 43.7 Å². The number of hydrogen-bond donors (Lipinski definition) is 2. The smallest absolute Gasteiger partial charge is 0.191 e. The molecule has 31 heavy (non-hydrogen) atoms. The summed E-state index contributed by atoms with van der Waals surface area (Å²) in [6.07, 6.45) is 5.53. The van der Waals surface area contributed by atoms with E-state index in [9.17, 15) is 0 Å². The number of fused-ring (bicyclic) bond motifs is 1. The van der Waals surface area contributed by atoms with E-state index in [1.54, 1.807) is 0 Å². The van der Waals surface area contributed by atoms with Crippen molar-refractivity contribution in [3.8, 4) is 0 Å². The predicted octanol–water partition coefficient (Wildman–Crippen LogP) is 3.44. The lowest BCUT2D eigenvalue weighted by molar-refractivity contribution is 0.0205. The largest absolute Gasteiger partial charge is 0.381 e. The van der Waals surface area contributed by atoms with Crippen LogP contribution in [-0.4, -0.2) is 70.0 Å². The summed E-state index contributed by atoms with van der Waals surface area (Å²) in [6, 6.07) is 8.84. The Bertz CT molecular complexity index is 638. The summed E-state index contributed by atoms with van der Waals surface area (Å²) in [5, 5.41) is 6.83. The van der Waals surface area contributed by atoms with Crippen molar-refractivity contribution in [1.82, 2.24) is 15.5 Å². The molecular formula is C24H41IN4O2. The van der Waals surface area contributed by atoms with Gasteiger partial charge in [0.1, 0.15) is 0 Å². The molecule has 1 saturated heterocycles. The molecule has 2 aliphatic heterocycles. The van der Waals surface area contributed by atoms with Crippen molar-refractivity contribution in [2.75, 3.05) is 59.2 Å². The highest BCUT2D eigenvalue weighted by Crippen LogP contribution is 2.18. The van der Waals surface area contributed by atoms with E-state index in [0.29, 0.717) is 5.92 Å². The fourth-order valence-electron chi connectivity index (χ4n) is 4.12. The van der Waals surface area contributed by atoms with E-state index in [1.807, 2.05) is 0 Å². The van der Waals surface area contributed by atoms with E-state index >= 15 is 0 Å². The average Bonchev–Trinajstić information content (AvgIpc) is 2.79. The van der Waals surface area contributed by atoms with E-state index in [-0.39, 0.29) is 24.0 Å². The SMILES string of the molecule is CCNC(=NCCCOCC1CCOCC1)NCCCN1CCc2ccccc2C1.I. The number of benzene rings is 1. The zero-order valence-electron chi connectivity index (χ0n) is 19.1. The molecule has 0 amide bonds. The molecule has 0 spiro atoms. The molecule has 6 nitrogen and oxygen atoms in total. The average molecular weight is 545 g/mol. The van der Waals surface area contributed by atoms with Gasteiger partial charge >= 0.3 is 0 Å². The van der Waals surface area contributed by atoms with Crippen LogP contribution in [0.3, 0.4) is 0 Å². The molecule has 1 aromatic rings. The van der Waals surface area contributed by atoms with Gasteiger partial charge in [0.15, 0.2) is 5.96 Å². The van der Waals surface area contributed by atoms with Gasteiger partial charge in [-0.2, -0.15) is 0 Å². The minimum absolute atomic E-state index is 0. The van der Waals surface area contributed by atoms with Crippen LogP contribution in [0.2, 0.25) is 0 Å². The van der Waals surface area contributed by atoms with Crippen molar-refractivity contribution in [3.63, 3.8) is 0 Å². The van der Waals surface area contributed by atoms with Gasteiger partial charge in [0.05, 0.1) is 0 Å². The molecule has 2 aliphatic rings. The number of aliphatic imine (C=N–C) groups is 1. The van der Waals surface area contributed by atoms with Crippen LogP contribution in [0.5, 0.6) is 0 Å². The molecule has 0 atom stereocenters. The number of guanidine groups is 1. The lowest BCUT2D eigenvalue weighted by Gasteiger charge is -2.28. The highest BCUT2D eigenvalue weighted by molar-refractivity contribution is 14.0. The Hall–Kier alpha value is -0.900. The first-order valence-corrected chi connectivity index (χ1v) is 11.8. The number of nitrogens with zero attached hydrogens (tertiary/aromatic N) is 2. The summed E-state index contributed by atoms with van der Waals surface area (Å²) in [5.74, 6) is 1.60. The summed E-state index contributed by atoms with van der Waals surface area (Å²) in [4.78, 5) is 7.25. The second kappa shape index (κ2) is 15.8. The monoisotopic (exact) mass is 544 g/mol. The highest BCUT2D eigenvalue weighted by atomic mass is 127. The maximum Gasteiger partial charge on any atom is 0.191 e. The summed E-state index contributed by atoms with van der Waals surface area (Å²) in [6.45, 7) is 11.5. The van der Waals surface area contributed by atoms with Crippen molar-refractivity contribution in [2.45, 2.75) is 45.6 Å². The minimum Gasteiger partial charge on any atom is -0.381 e. The molecule has 7 heteroatoms. The number of rotatable bonds is 11. The zero-order chi connectivity index (χ0) is 20.9. The quantitative estimate of drug-likeness (QED) is 0.194. The van der Waals surface area contributed by atoms with Crippen LogP contribution in [0.4, 0.5) is 0 Å². The van der Waals surface area contributed by atoms with Crippen LogP contribution in [0, 0.1) is 5.92 Å². The van der Waals surface area contributed by atoms with Gasteiger partial charge in [0.2, 0.25) is 0 Å². The van der Waals surface area contributed by atoms with Crippen LogP contribution < -0.4 is 10.6 Å². The maximum absolute atomic E-state index is 5.83. The van der Waals surface area contributed by atoms with Crippen molar-refractivity contribution < 1.29 is 9.47 Å². The molecule has 0 aromatic heterocycles. The molecule has 0 radical (unpaired) electrons. The predicted molar refractivity (Wildman–Crippen MR) is 138 cm³/mol. The molecule has 1 fully saturated rings. The van der Waals surface area contributed by atoms with Crippen LogP contribution in [-0.2, 0) is 22.4 Å². The Morgan fingerprint density at radius 1 is 1.16 bits per heavy atom. The van der Waals surface area contributed by atoms with Crippen LogP contribution in [0.15, 0.2) is 29.3 Å². The van der Waals surface area contributed by atoms with Gasteiger partial charge in [-0.15, -0.1) is 24.0 Å². The molecule has 3 rings (SSSR count). The third-order valence-electron chi connectivity index (χ3n) is 5.91. The van der Waals surface area contributed by atoms with E-state index in [2.05, 4.69) is 46.7 Å². The second-order valence-electron chi connectivity index (χ2n) is 8.32. The van der Waals surface area contributed by atoms with Gasteiger partial charge in [-0.25, -0.2) is 0 Å². The van der Waals surface area contributed by atoms with E-state index in [0.717, 1.165) is 90.8 Å². The van der Waals surface area contributed by atoms with Gasteiger partial charge in [-0.1, -0.05) is 24.3 Å². The van der Waals surface area contributed by atoms with E-state index in [1.165, 1.54) is 24.1 Å². The second-order valence-corrected chi connectivity index (χ2v) is 8.32. The lowest BCUT2D eigenvalue weighted by atomic mass is 10.00. The molecule has 0 bridgehead atoms. The van der Waals surface area contributed by atoms with Crippen molar-refractivity contribution in [3.05, 3.63) is 35.4 Å². The summed E-state index contributed by atoms with van der Waals surface area (Å²) in [5.41, 5.74) is 3.01. The molecule has 2 heterocycles. The fraction of sp³-hybridized carbons (Fsp3) is 0.708. The van der Waals surface area contributed by atoms with Crippen molar-refractivity contribution in [2.24, 2.45) is 10.9 Å². The third kappa shape index (κ3) is 10.1. The van der Waals surface area contributed by atoms with Crippen molar-refractivity contribution >= 4 is 29.9 Å². The molecule has 0 unspecified atom stereocenters. The summed E-state index contributed by atoms with van der Waals surface area (Å²) < 4.78 is 11.2. The standard InChI is InChI=1S/C24H40N4O2.HI/c1-2-25-24(27-13-6-16-30-20-21-10-17-29-18-11-21)26-12-5-14-28-15-9-22-7-3-4-8-23(22)19-28;/h3-4,7-8,21H,2,5-6,9-20H2,1H3,(H2,25,26,27);1H. The Balaban J connectivity index is 0.00000341. The van der Waals surface area contributed by atoms with Crippen LogP contribution in [0.25, 0.3) is 0 Å². The molecule has 0 saturated carbocycles. The Kier molecular flexibility index (Phi) is 13.5. The summed E-state index contributed by atoms with van der Waals surface area (Å²) >= 11 is 0. The van der Waals surface area contributed by atoms with Gasteiger partial charge in [-0.05, 0) is 56.1 Å². The molecular weight excluding hydrogens is 503 g/mol. The molecule has 1 aromatic carbocycles. The van der Waals surface area contributed by atoms with Gasteiger partial charge in [0, 0.05) is 65.7 Å². The Morgan fingerprint density at radius 2 is 1.97 bits per heavy atom. The zero-order valence-corrected chi connectivity index (χ0v) is 21.4. The maximum atomic E-state index is 5.83. The molecule has 0 aliphatic carbocycles. The van der Waals surface area contributed by atoms with Crippen molar-refractivity contribution in [1.29, 1.82) is 0 Å².